The minimum atomic E-state index is -1.13. The van der Waals surface area contributed by atoms with E-state index in [9.17, 15) is 14.7 Å². The second-order valence-corrected chi connectivity index (χ2v) is 7.67. The van der Waals surface area contributed by atoms with Crippen molar-refractivity contribution in [2.75, 3.05) is 7.11 Å². The van der Waals surface area contributed by atoms with Crippen molar-refractivity contribution < 1.29 is 49.0 Å². The number of carboxylic acid groups (broad SMARTS) is 1. The molecule has 4 rings (SSSR count). The molecule has 0 radical (unpaired) electrons. The molecule has 0 unspecified atom stereocenters. The molecule has 0 atom stereocenters. The number of amides is 1. The predicted octanol–water partition coefficient (Wildman–Crippen LogP) is 0.0364. The number of methoxy groups -OCH3 is 1. The van der Waals surface area contributed by atoms with Crippen molar-refractivity contribution in [2.45, 2.75) is 6.42 Å². The van der Waals surface area contributed by atoms with Crippen LogP contribution in [0.1, 0.15) is 11.1 Å². The maximum atomic E-state index is 12.4. The zero-order valence-corrected chi connectivity index (χ0v) is 19.9. The number of hydrogen-bond acceptors (Lipinski definition) is 6. The van der Waals surface area contributed by atoms with Gasteiger partial charge in [0.1, 0.15) is 5.75 Å². The number of aliphatic imine (C=N–C) groups is 1. The van der Waals surface area contributed by atoms with E-state index in [1.54, 1.807) is 37.5 Å². The SMILES string of the molecule is COc1cc2ccccc2cc1C=C1SC(=Nc2ccc(CC(=O)[O-])cc2)NC1=O.[Na+]. The number of rotatable bonds is 5. The monoisotopic (exact) mass is 440 g/mol. The van der Waals surface area contributed by atoms with Crippen LogP contribution in [0, 0.1) is 0 Å². The molecule has 8 heteroatoms. The number of nitrogens with zero attached hydrogens (tertiary/aromatic N) is 1. The van der Waals surface area contributed by atoms with Crippen LogP contribution >= 0.6 is 11.8 Å². The Hall–Kier alpha value is -2.58. The van der Waals surface area contributed by atoms with Crippen LogP contribution in [0.2, 0.25) is 0 Å². The number of nitrogens with one attached hydrogen (secondary N) is 1. The van der Waals surface area contributed by atoms with E-state index in [1.165, 1.54) is 11.8 Å². The first kappa shape index (κ1) is 23.1. The Labute approximate surface area is 205 Å². The molecular weight excluding hydrogens is 423 g/mol. The number of ether oxygens (including phenoxy) is 1. The smallest absolute Gasteiger partial charge is 0.550 e. The van der Waals surface area contributed by atoms with Crippen molar-refractivity contribution in [3.8, 4) is 5.75 Å². The maximum Gasteiger partial charge on any atom is 1.00 e. The molecule has 1 heterocycles. The number of aliphatic carboxylic acids is 1. The average Bonchev–Trinajstić information content (AvgIpc) is 3.07. The Bertz CT molecular complexity index is 1210. The van der Waals surface area contributed by atoms with Gasteiger partial charge in [0.15, 0.2) is 5.17 Å². The van der Waals surface area contributed by atoms with Gasteiger partial charge in [-0.15, -0.1) is 0 Å². The predicted molar refractivity (Wildman–Crippen MR) is 116 cm³/mol. The van der Waals surface area contributed by atoms with E-state index in [1.807, 2.05) is 36.4 Å². The first-order chi connectivity index (χ1) is 14.5. The fourth-order valence-corrected chi connectivity index (χ4v) is 3.95. The third-order valence-electron chi connectivity index (χ3n) is 4.55. The van der Waals surface area contributed by atoms with Gasteiger partial charge in [-0.1, -0.05) is 36.4 Å². The van der Waals surface area contributed by atoms with Gasteiger partial charge in [-0.25, -0.2) is 4.99 Å². The molecule has 0 aromatic heterocycles. The molecule has 0 spiro atoms. The quantitative estimate of drug-likeness (QED) is 0.447. The Kier molecular flexibility index (Phi) is 7.56. The molecule has 31 heavy (non-hydrogen) atoms. The number of fused-ring (bicyclic) bond motifs is 1. The number of carboxylic acids is 1. The van der Waals surface area contributed by atoms with Crippen LogP contribution in [-0.4, -0.2) is 24.2 Å². The summed E-state index contributed by atoms with van der Waals surface area (Å²) in [5.74, 6) is -0.683. The molecule has 0 bridgehead atoms. The van der Waals surface area contributed by atoms with E-state index in [0.29, 0.717) is 27.1 Å². The number of thioether (sulfide) groups is 1. The number of benzene rings is 3. The Morgan fingerprint density at radius 1 is 1.13 bits per heavy atom. The molecular formula is C23H17N2NaO4S. The van der Waals surface area contributed by atoms with E-state index < -0.39 is 5.97 Å². The molecule has 1 N–H and O–H groups in total. The zero-order valence-electron chi connectivity index (χ0n) is 17.0. The standard InChI is InChI=1S/C23H18N2O4S.Na/c1-29-19-12-16-5-3-2-4-15(16)11-17(19)13-20-22(28)25-23(30-20)24-18-8-6-14(7-9-18)10-21(26)27;/h2-9,11-13H,10H2,1H3,(H,26,27)(H,24,25,28);/q;+1/p-1. The number of carbonyl (C=O) groups is 2. The van der Waals surface area contributed by atoms with Gasteiger partial charge in [0, 0.05) is 18.0 Å². The number of hydrogen-bond donors (Lipinski definition) is 1. The van der Waals surface area contributed by atoms with Crippen LogP contribution < -0.4 is 44.7 Å². The van der Waals surface area contributed by atoms with Crippen molar-refractivity contribution >= 4 is 51.3 Å². The fraction of sp³-hybridized carbons (Fsp3) is 0.0870. The van der Waals surface area contributed by atoms with Crippen LogP contribution in [0.5, 0.6) is 5.75 Å². The van der Waals surface area contributed by atoms with Gasteiger partial charge in [0.05, 0.1) is 17.7 Å². The molecule has 3 aromatic carbocycles. The van der Waals surface area contributed by atoms with Crippen LogP contribution in [0.15, 0.2) is 70.6 Å². The third kappa shape index (κ3) is 5.57. The van der Waals surface area contributed by atoms with E-state index in [4.69, 9.17) is 4.74 Å². The molecule has 1 aliphatic rings. The van der Waals surface area contributed by atoms with Crippen molar-refractivity contribution in [1.82, 2.24) is 5.32 Å². The van der Waals surface area contributed by atoms with Crippen LogP contribution in [-0.2, 0) is 16.0 Å². The Morgan fingerprint density at radius 3 is 2.45 bits per heavy atom. The van der Waals surface area contributed by atoms with Crippen LogP contribution in [0.4, 0.5) is 5.69 Å². The average molecular weight is 440 g/mol. The molecule has 1 amide bonds. The number of carbonyl (C=O) groups excluding carboxylic acids is 2. The van der Waals surface area contributed by atoms with E-state index in [0.717, 1.165) is 16.3 Å². The van der Waals surface area contributed by atoms with E-state index in [2.05, 4.69) is 10.3 Å². The second-order valence-electron chi connectivity index (χ2n) is 6.64. The first-order valence-electron chi connectivity index (χ1n) is 9.17. The Balaban J connectivity index is 0.00000272. The van der Waals surface area contributed by atoms with E-state index in [-0.39, 0.29) is 41.9 Å². The summed E-state index contributed by atoms with van der Waals surface area (Å²) in [7, 11) is 1.60. The van der Waals surface area contributed by atoms with Gasteiger partial charge in [-0.3, -0.25) is 4.79 Å². The summed E-state index contributed by atoms with van der Waals surface area (Å²) in [6.07, 6.45) is 1.64. The molecule has 1 aliphatic heterocycles. The van der Waals surface area contributed by atoms with E-state index >= 15 is 0 Å². The van der Waals surface area contributed by atoms with Gasteiger partial charge < -0.3 is 20.0 Å². The summed E-state index contributed by atoms with van der Waals surface area (Å²) in [6, 6.07) is 18.6. The first-order valence-corrected chi connectivity index (χ1v) is 9.98. The normalized spacial score (nSPS) is 15.7. The van der Waals surface area contributed by atoms with Gasteiger partial charge in [-0.05, 0) is 58.4 Å². The molecule has 0 aliphatic carbocycles. The van der Waals surface area contributed by atoms with Crippen LogP contribution in [0.25, 0.3) is 16.8 Å². The summed E-state index contributed by atoms with van der Waals surface area (Å²) in [4.78, 5) is 28.0. The van der Waals surface area contributed by atoms with Crippen molar-refractivity contribution in [3.05, 3.63) is 76.7 Å². The third-order valence-corrected chi connectivity index (χ3v) is 5.46. The van der Waals surface area contributed by atoms with Gasteiger partial charge >= 0.3 is 29.6 Å². The molecule has 6 nitrogen and oxygen atoms in total. The summed E-state index contributed by atoms with van der Waals surface area (Å²) in [5, 5.41) is 16.0. The minimum absolute atomic E-state index is 0. The topological polar surface area (TPSA) is 90.8 Å². The molecule has 150 valence electrons. The summed E-state index contributed by atoms with van der Waals surface area (Å²) in [5.41, 5.74) is 2.05. The molecule has 1 saturated heterocycles. The van der Waals surface area contributed by atoms with Gasteiger partial charge in [0.25, 0.3) is 5.91 Å². The molecule has 3 aromatic rings. The van der Waals surface area contributed by atoms with Crippen molar-refractivity contribution in [3.63, 3.8) is 0 Å². The van der Waals surface area contributed by atoms with Crippen LogP contribution in [0.3, 0.4) is 0 Å². The second kappa shape index (κ2) is 10.2. The summed E-state index contributed by atoms with van der Waals surface area (Å²) >= 11 is 1.24. The van der Waals surface area contributed by atoms with Gasteiger partial charge in [-0.2, -0.15) is 0 Å². The zero-order chi connectivity index (χ0) is 21.1. The number of amidine groups is 1. The van der Waals surface area contributed by atoms with Crippen molar-refractivity contribution in [2.24, 2.45) is 4.99 Å². The molecule has 0 saturated carbocycles. The van der Waals surface area contributed by atoms with Crippen molar-refractivity contribution in [1.29, 1.82) is 0 Å². The summed E-state index contributed by atoms with van der Waals surface area (Å²) in [6.45, 7) is 0. The largest absolute Gasteiger partial charge is 1.00 e. The summed E-state index contributed by atoms with van der Waals surface area (Å²) < 4.78 is 5.50. The fourth-order valence-electron chi connectivity index (χ4n) is 3.12. The molecule has 1 fully saturated rings. The minimum Gasteiger partial charge on any atom is -0.550 e. The van der Waals surface area contributed by atoms with Gasteiger partial charge in [0.2, 0.25) is 0 Å². The maximum absolute atomic E-state index is 12.4. The Morgan fingerprint density at radius 2 is 1.81 bits per heavy atom.